The Kier molecular flexibility index (Phi) is 4.04. The van der Waals surface area contributed by atoms with Crippen molar-refractivity contribution < 1.29 is 9.53 Å². The molecular formula is C14H20N4O2. The number of pyridine rings is 1. The third-order valence-electron chi connectivity index (χ3n) is 3.50. The fourth-order valence-electron chi connectivity index (χ4n) is 2.18. The summed E-state index contributed by atoms with van der Waals surface area (Å²) in [5, 5.41) is 5.22. The van der Waals surface area contributed by atoms with Crippen LogP contribution >= 0.6 is 0 Å². The van der Waals surface area contributed by atoms with Crippen molar-refractivity contribution in [3.8, 4) is 0 Å². The van der Waals surface area contributed by atoms with Gasteiger partial charge in [-0.05, 0) is 19.9 Å². The first-order chi connectivity index (χ1) is 9.45. The van der Waals surface area contributed by atoms with Crippen LogP contribution in [0.3, 0.4) is 0 Å². The molecule has 20 heavy (non-hydrogen) atoms. The van der Waals surface area contributed by atoms with Gasteiger partial charge >= 0.3 is 0 Å². The van der Waals surface area contributed by atoms with Crippen molar-refractivity contribution in [2.24, 2.45) is 7.05 Å². The summed E-state index contributed by atoms with van der Waals surface area (Å²) in [7, 11) is 5.24. The first-order valence-electron chi connectivity index (χ1n) is 6.51. The Morgan fingerprint density at radius 3 is 2.90 bits per heavy atom. The molecule has 0 aliphatic heterocycles. The zero-order valence-corrected chi connectivity index (χ0v) is 12.5. The summed E-state index contributed by atoms with van der Waals surface area (Å²) in [6, 6.07) is 1.86. The van der Waals surface area contributed by atoms with Crippen LogP contribution in [0.15, 0.2) is 12.3 Å². The molecule has 0 radical (unpaired) electrons. The Labute approximate surface area is 118 Å². The Morgan fingerprint density at radius 1 is 1.55 bits per heavy atom. The molecule has 0 fully saturated rings. The monoisotopic (exact) mass is 276 g/mol. The molecule has 0 saturated carbocycles. The van der Waals surface area contributed by atoms with Crippen LogP contribution in [0.4, 0.5) is 0 Å². The van der Waals surface area contributed by atoms with E-state index in [4.69, 9.17) is 4.74 Å². The molecule has 0 unspecified atom stereocenters. The second kappa shape index (κ2) is 5.58. The molecular weight excluding hydrogens is 256 g/mol. The number of rotatable bonds is 4. The van der Waals surface area contributed by atoms with Crippen LogP contribution in [0.5, 0.6) is 0 Å². The fourth-order valence-corrected chi connectivity index (χ4v) is 2.18. The van der Waals surface area contributed by atoms with Gasteiger partial charge in [-0.2, -0.15) is 5.10 Å². The van der Waals surface area contributed by atoms with E-state index in [-0.39, 0.29) is 11.9 Å². The molecule has 1 atom stereocenters. The maximum atomic E-state index is 12.4. The third kappa shape index (κ3) is 2.51. The molecule has 6 nitrogen and oxygen atoms in total. The van der Waals surface area contributed by atoms with Crippen molar-refractivity contribution in [3.05, 3.63) is 23.5 Å². The van der Waals surface area contributed by atoms with Gasteiger partial charge < -0.3 is 9.64 Å². The third-order valence-corrected chi connectivity index (χ3v) is 3.50. The number of aromatic nitrogens is 3. The molecule has 1 amide bonds. The van der Waals surface area contributed by atoms with E-state index in [2.05, 4.69) is 10.1 Å². The highest BCUT2D eigenvalue weighted by atomic mass is 16.5. The number of amides is 1. The summed E-state index contributed by atoms with van der Waals surface area (Å²) in [6.07, 6.45) is 1.60. The molecule has 0 aliphatic carbocycles. The molecule has 6 heteroatoms. The smallest absolute Gasteiger partial charge is 0.255 e. The lowest BCUT2D eigenvalue weighted by Gasteiger charge is -2.24. The zero-order valence-electron chi connectivity index (χ0n) is 12.5. The maximum Gasteiger partial charge on any atom is 0.255 e. The molecule has 0 bridgehead atoms. The van der Waals surface area contributed by atoms with Gasteiger partial charge in [0.05, 0.1) is 23.9 Å². The van der Waals surface area contributed by atoms with Gasteiger partial charge in [0, 0.05) is 32.8 Å². The van der Waals surface area contributed by atoms with Crippen molar-refractivity contribution in [2.75, 3.05) is 20.8 Å². The van der Waals surface area contributed by atoms with Crippen LogP contribution in [-0.4, -0.2) is 52.4 Å². The van der Waals surface area contributed by atoms with Crippen LogP contribution in [0, 0.1) is 6.92 Å². The van der Waals surface area contributed by atoms with Crippen molar-refractivity contribution in [3.63, 3.8) is 0 Å². The Bertz CT molecular complexity index is 635. The normalized spacial score (nSPS) is 12.7. The lowest BCUT2D eigenvalue weighted by atomic mass is 10.1. The van der Waals surface area contributed by atoms with E-state index in [0.29, 0.717) is 12.2 Å². The lowest BCUT2D eigenvalue weighted by molar-refractivity contribution is 0.0633. The number of aryl methyl sites for hydroxylation is 2. The predicted octanol–water partition coefficient (Wildman–Crippen LogP) is 1.38. The molecule has 2 aromatic heterocycles. The van der Waals surface area contributed by atoms with E-state index in [1.165, 1.54) is 0 Å². The molecule has 2 heterocycles. The quantitative estimate of drug-likeness (QED) is 0.846. The second-order valence-corrected chi connectivity index (χ2v) is 5.02. The van der Waals surface area contributed by atoms with E-state index < -0.39 is 0 Å². The number of nitrogens with zero attached hydrogens (tertiary/aromatic N) is 4. The van der Waals surface area contributed by atoms with Gasteiger partial charge in [0.2, 0.25) is 0 Å². The summed E-state index contributed by atoms with van der Waals surface area (Å²) < 4.78 is 6.80. The number of carbonyl (C=O) groups excluding carboxylic acids is 1. The minimum atomic E-state index is -0.0628. The van der Waals surface area contributed by atoms with Gasteiger partial charge in [-0.3, -0.25) is 9.48 Å². The zero-order chi connectivity index (χ0) is 14.9. The highest BCUT2D eigenvalue weighted by molar-refractivity contribution is 5.97. The molecule has 108 valence electrons. The van der Waals surface area contributed by atoms with E-state index in [1.807, 2.05) is 27.0 Å². The fraction of sp³-hybridized carbons (Fsp3) is 0.500. The van der Waals surface area contributed by atoms with Crippen LogP contribution < -0.4 is 0 Å². The number of hydrogen-bond donors (Lipinski definition) is 0. The van der Waals surface area contributed by atoms with Crippen LogP contribution in [0.1, 0.15) is 23.0 Å². The van der Waals surface area contributed by atoms with Gasteiger partial charge in [-0.15, -0.1) is 0 Å². The van der Waals surface area contributed by atoms with Crippen LogP contribution in [0.25, 0.3) is 11.0 Å². The summed E-state index contributed by atoms with van der Waals surface area (Å²) in [4.78, 5) is 18.4. The SMILES string of the molecule is COC[C@@H](C)N(C)C(=O)c1cnc2c(c1)c(C)nn2C. The van der Waals surface area contributed by atoms with E-state index >= 15 is 0 Å². The molecule has 2 aromatic rings. The highest BCUT2D eigenvalue weighted by Crippen LogP contribution is 2.17. The first kappa shape index (κ1) is 14.5. The van der Waals surface area contributed by atoms with E-state index in [1.54, 1.807) is 29.9 Å². The molecule has 0 spiro atoms. The largest absolute Gasteiger partial charge is 0.383 e. The topological polar surface area (TPSA) is 60.2 Å². The number of carbonyl (C=O) groups is 1. The van der Waals surface area contributed by atoms with Crippen LogP contribution in [0.2, 0.25) is 0 Å². The number of fused-ring (bicyclic) bond motifs is 1. The van der Waals surface area contributed by atoms with Crippen LogP contribution in [-0.2, 0) is 11.8 Å². The molecule has 0 saturated heterocycles. The predicted molar refractivity (Wildman–Crippen MR) is 76.7 cm³/mol. The van der Waals surface area contributed by atoms with Crippen molar-refractivity contribution in [1.82, 2.24) is 19.7 Å². The molecule has 0 aromatic carbocycles. The number of hydrogen-bond acceptors (Lipinski definition) is 4. The van der Waals surface area contributed by atoms with Gasteiger partial charge in [0.15, 0.2) is 5.65 Å². The first-order valence-corrected chi connectivity index (χ1v) is 6.51. The summed E-state index contributed by atoms with van der Waals surface area (Å²) in [5.74, 6) is -0.0628. The van der Waals surface area contributed by atoms with Gasteiger partial charge in [-0.1, -0.05) is 0 Å². The van der Waals surface area contributed by atoms with E-state index in [0.717, 1.165) is 16.7 Å². The van der Waals surface area contributed by atoms with Gasteiger partial charge in [0.1, 0.15) is 0 Å². The molecule has 2 rings (SSSR count). The Morgan fingerprint density at radius 2 is 2.25 bits per heavy atom. The highest BCUT2D eigenvalue weighted by Gasteiger charge is 2.19. The van der Waals surface area contributed by atoms with Gasteiger partial charge in [-0.25, -0.2) is 4.98 Å². The van der Waals surface area contributed by atoms with Crippen molar-refractivity contribution in [2.45, 2.75) is 19.9 Å². The summed E-state index contributed by atoms with van der Waals surface area (Å²) >= 11 is 0. The van der Waals surface area contributed by atoms with Crippen molar-refractivity contribution in [1.29, 1.82) is 0 Å². The lowest BCUT2D eigenvalue weighted by Crippen LogP contribution is -2.37. The van der Waals surface area contributed by atoms with Crippen molar-refractivity contribution >= 4 is 16.9 Å². The molecule has 0 aliphatic rings. The minimum absolute atomic E-state index is 0.0122. The van der Waals surface area contributed by atoms with Gasteiger partial charge in [0.25, 0.3) is 5.91 Å². The Balaban J connectivity index is 2.33. The summed E-state index contributed by atoms with van der Waals surface area (Å²) in [6.45, 7) is 4.36. The molecule has 0 N–H and O–H groups in total. The number of likely N-dealkylation sites (N-methyl/N-ethyl adjacent to an activating group) is 1. The standard InChI is InChI=1S/C14H20N4O2/c1-9(8-20-5)17(3)14(19)11-6-12-10(2)16-18(4)13(12)15-7-11/h6-7,9H,8H2,1-5H3/t9-/m1/s1. The number of ether oxygens (including phenoxy) is 1. The maximum absolute atomic E-state index is 12.4. The average molecular weight is 276 g/mol. The summed E-state index contributed by atoms with van der Waals surface area (Å²) in [5.41, 5.74) is 2.22. The minimum Gasteiger partial charge on any atom is -0.383 e. The van der Waals surface area contributed by atoms with E-state index in [9.17, 15) is 4.79 Å². The second-order valence-electron chi connectivity index (χ2n) is 5.02. The number of methoxy groups -OCH3 is 1. The average Bonchev–Trinajstić information content (AvgIpc) is 2.72. The Hall–Kier alpha value is -1.95.